The number of carbonyl (C=O) groups is 2. The molecule has 2 N–H and O–H groups in total. The van der Waals surface area contributed by atoms with Crippen LogP contribution in [0.15, 0.2) is 77.3 Å². The molecule has 0 unspecified atom stereocenters. The minimum atomic E-state index is -4.73. The molecule has 5 aromatic rings. The van der Waals surface area contributed by atoms with Crippen LogP contribution in [-0.4, -0.2) is 26.6 Å². The van der Waals surface area contributed by atoms with Gasteiger partial charge in [-0.05, 0) is 61.9 Å². The number of aromatic nitrogens is 3. The normalized spacial score (nSPS) is 11.5. The Morgan fingerprint density at radius 2 is 1.67 bits per heavy atom. The maximum Gasteiger partial charge on any atom is 0.433 e. The van der Waals surface area contributed by atoms with Crippen LogP contribution in [0.2, 0.25) is 0 Å². The lowest BCUT2D eigenvalue weighted by molar-refractivity contribution is -0.141. The molecule has 0 saturated carbocycles. The number of pyridine rings is 1. The lowest BCUT2D eigenvalue weighted by Crippen LogP contribution is -2.23. The van der Waals surface area contributed by atoms with Gasteiger partial charge in [0.05, 0.1) is 34.7 Å². The Labute approximate surface area is 252 Å². The first kappa shape index (κ1) is 29.9. The number of anilines is 1. The van der Waals surface area contributed by atoms with Gasteiger partial charge in [0.15, 0.2) is 0 Å². The SMILES string of the molecule is Cc1nn(Cc2ccc(C(=O)NCc3ccccc3F)cc2)c(C)c1NC(=O)c1cc(C(F)(F)F)nc2ccc(Br)cc12. The van der Waals surface area contributed by atoms with E-state index >= 15 is 0 Å². The lowest BCUT2D eigenvalue weighted by atomic mass is 10.1. The average molecular weight is 654 g/mol. The number of nitrogens with zero attached hydrogens (tertiary/aromatic N) is 3. The van der Waals surface area contributed by atoms with Crippen molar-refractivity contribution in [1.29, 1.82) is 0 Å². The van der Waals surface area contributed by atoms with Crippen LogP contribution in [0, 0.1) is 19.7 Å². The van der Waals surface area contributed by atoms with Crippen LogP contribution in [0.1, 0.15) is 48.9 Å². The number of aryl methyl sites for hydroxylation is 1. The fraction of sp³-hybridized carbons (Fsp3) is 0.161. The van der Waals surface area contributed by atoms with Crippen molar-refractivity contribution in [1.82, 2.24) is 20.1 Å². The van der Waals surface area contributed by atoms with Gasteiger partial charge >= 0.3 is 6.18 Å². The first-order valence-electron chi connectivity index (χ1n) is 13.0. The van der Waals surface area contributed by atoms with Gasteiger partial charge in [0.1, 0.15) is 11.5 Å². The topological polar surface area (TPSA) is 88.9 Å². The lowest BCUT2D eigenvalue weighted by Gasteiger charge is -2.13. The maximum absolute atomic E-state index is 13.8. The van der Waals surface area contributed by atoms with E-state index in [1.165, 1.54) is 12.1 Å². The number of benzene rings is 3. The summed E-state index contributed by atoms with van der Waals surface area (Å²) in [5.74, 6) is -1.48. The van der Waals surface area contributed by atoms with E-state index in [0.29, 0.717) is 39.2 Å². The van der Waals surface area contributed by atoms with Gasteiger partial charge in [-0.3, -0.25) is 14.3 Å². The van der Waals surface area contributed by atoms with Crippen molar-refractivity contribution in [3.63, 3.8) is 0 Å². The molecule has 2 aromatic heterocycles. The van der Waals surface area contributed by atoms with Gasteiger partial charge < -0.3 is 10.6 Å². The van der Waals surface area contributed by atoms with E-state index in [-0.39, 0.29) is 28.9 Å². The predicted octanol–water partition coefficient (Wildman–Crippen LogP) is 7.20. The third-order valence-electron chi connectivity index (χ3n) is 6.87. The number of alkyl halides is 3. The number of amides is 2. The fourth-order valence-corrected chi connectivity index (χ4v) is 4.96. The highest BCUT2D eigenvalue weighted by Crippen LogP contribution is 2.33. The summed E-state index contributed by atoms with van der Waals surface area (Å²) in [6.07, 6.45) is -4.73. The number of nitrogens with one attached hydrogen (secondary N) is 2. The van der Waals surface area contributed by atoms with Crippen molar-refractivity contribution < 1.29 is 27.2 Å². The van der Waals surface area contributed by atoms with E-state index in [2.05, 4.69) is 36.6 Å². The highest BCUT2D eigenvalue weighted by Gasteiger charge is 2.34. The monoisotopic (exact) mass is 653 g/mol. The van der Waals surface area contributed by atoms with Gasteiger partial charge in [0, 0.05) is 27.5 Å². The Hall–Kier alpha value is -4.58. The standard InChI is InChI=1S/C31H24BrF4N5O2/c1-17-28(39-30(43)24-14-27(31(34,35)36)38-26-12-11-22(32)13-23(24)26)18(2)41(40-17)16-19-7-9-20(10-8-19)29(42)37-15-21-5-3-4-6-25(21)33/h3-14H,15-16H2,1-2H3,(H,37,42)(H,39,43). The number of halogens is 5. The highest BCUT2D eigenvalue weighted by atomic mass is 79.9. The molecule has 0 aliphatic rings. The van der Waals surface area contributed by atoms with E-state index < -0.39 is 23.6 Å². The second-order valence-corrected chi connectivity index (χ2v) is 10.8. The Morgan fingerprint density at radius 3 is 2.37 bits per heavy atom. The number of carbonyl (C=O) groups excluding carboxylic acids is 2. The third kappa shape index (κ3) is 6.59. The molecule has 2 heterocycles. The van der Waals surface area contributed by atoms with Gasteiger partial charge in [0.2, 0.25) is 0 Å². The first-order chi connectivity index (χ1) is 20.4. The molecule has 0 bridgehead atoms. The second kappa shape index (κ2) is 12.0. The van der Waals surface area contributed by atoms with Crippen molar-refractivity contribution in [3.05, 3.63) is 122 Å². The van der Waals surface area contributed by atoms with Crippen LogP contribution < -0.4 is 10.6 Å². The van der Waals surface area contributed by atoms with Gasteiger partial charge in [0.25, 0.3) is 11.8 Å². The molecule has 3 aromatic carbocycles. The summed E-state index contributed by atoms with van der Waals surface area (Å²) in [6, 6.07) is 18.3. The van der Waals surface area contributed by atoms with Crippen LogP contribution in [-0.2, 0) is 19.3 Å². The molecule has 0 aliphatic heterocycles. The van der Waals surface area contributed by atoms with E-state index in [1.807, 2.05) is 0 Å². The molecule has 43 heavy (non-hydrogen) atoms. The van der Waals surface area contributed by atoms with Gasteiger partial charge in [-0.1, -0.05) is 46.3 Å². The summed E-state index contributed by atoms with van der Waals surface area (Å²) >= 11 is 3.30. The summed E-state index contributed by atoms with van der Waals surface area (Å²) in [7, 11) is 0. The fourth-order valence-electron chi connectivity index (χ4n) is 4.60. The largest absolute Gasteiger partial charge is 0.433 e. The average Bonchev–Trinajstić information content (AvgIpc) is 3.23. The van der Waals surface area contributed by atoms with Crippen LogP contribution in [0.4, 0.5) is 23.2 Å². The zero-order valence-electron chi connectivity index (χ0n) is 22.9. The zero-order valence-corrected chi connectivity index (χ0v) is 24.5. The van der Waals surface area contributed by atoms with Crippen molar-refractivity contribution in [2.24, 2.45) is 0 Å². The molecule has 0 fully saturated rings. The predicted molar refractivity (Wildman–Crippen MR) is 157 cm³/mol. The van der Waals surface area contributed by atoms with Gasteiger partial charge in [-0.2, -0.15) is 18.3 Å². The summed E-state index contributed by atoms with van der Waals surface area (Å²) < 4.78 is 56.7. The van der Waals surface area contributed by atoms with E-state index in [4.69, 9.17) is 0 Å². The minimum Gasteiger partial charge on any atom is -0.348 e. The van der Waals surface area contributed by atoms with Crippen molar-refractivity contribution >= 4 is 44.3 Å². The number of hydrogen-bond acceptors (Lipinski definition) is 4. The molecule has 0 spiro atoms. The molecule has 0 radical (unpaired) electrons. The van der Waals surface area contributed by atoms with Crippen molar-refractivity contribution in [2.75, 3.05) is 5.32 Å². The quantitative estimate of drug-likeness (QED) is 0.182. The molecule has 0 saturated heterocycles. The van der Waals surface area contributed by atoms with Crippen molar-refractivity contribution in [3.8, 4) is 0 Å². The van der Waals surface area contributed by atoms with E-state index in [9.17, 15) is 27.2 Å². The van der Waals surface area contributed by atoms with Gasteiger partial charge in [-0.25, -0.2) is 9.37 Å². The van der Waals surface area contributed by atoms with Gasteiger partial charge in [-0.15, -0.1) is 0 Å². The maximum atomic E-state index is 13.8. The van der Waals surface area contributed by atoms with Crippen LogP contribution >= 0.6 is 15.9 Å². The molecule has 220 valence electrons. The van der Waals surface area contributed by atoms with Crippen LogP contribution in [0.3, 0.4) is 0 Å². The molecule has 5 rings (SSSR count). The minimum absolute atomic E-state index is 0.0386. The molecular formula is C31H24BrF4N5O2. The molecular weight excluding hydrogens is 630 g/mol. The Morgan fingerprint density at radius 1 is 0.953 bits per heavy atom. The van der Waals surface area contributed by atoms with Crippen LogP contribution in [0.5, 0.6) is 0 Å². The van der Waals surface area contributed by atoms with Crippen LogP contribution in [0.25, 0.3) is 10.9 Å². The van der Waals surface area contributed by atoms with E-state index in [1.54, 1.807) is 73.1 Å². The van der Waals surface area contributed by atoms with Crippen molar-refractivity contribution in [2.45, 2.75) is 33.1 Å². The molecule has 7 nitrogen and oxygen atoms in total. The first-order valence-corrected chi connectivity index (χ1v) is 13.8. The Balaban J connectivity index is 1.32. The molecule has 12 heteroatoms. The molecule has 2 amide bonds. The smallest absolute Gasteiger partial charge is 0.348 e. The Kier molecular flexibility index (Phi) is 8.32. The number of fused-ring (bicyclic) bond motifs is 1. The number of hydrogen-bond donors (Lipinski definition) is 2. The number of rotatable bonds is 7. The zero-order chi connectivity index (χ0) is 30.9. The summed E-state index contributed by atoms with van der Waals surface area (Å²) in [4.78, 5) is 29.6. The molecule has 0 atom stereocenters. The van der Waals surface area contributed by atoms with E-state index in [0.717, 1.165) is 11.6 Å². The third-order valence-corrected chi connectivity index (χ3v) is 7.36. The summed E-state index contributed by atoms with van der Waals surface area (Å²) in [5, 5.41) is 10.2. The summed E-state index contributed by atoms with van der Waals surface area (Å²) in [5.41, 5.74) is 1.74. The molecule has 0 aliphatic carbocycles. The summed E-state index contributed by atoms with van der Waals surface area (Å²) in [6.45, 7) is 3.79. The second-order valence-electron chi connectivity index (χ2n) is 9.84. The highest BCUT2D eigenvalue weighted by molar-refractivity contribution is 9.10. The Bertz CT molecular complexity index is 1850.